The van der Waals surface area contributed by atoms with Gasteiger partial charge in [0, 0.05) is 39.7 Å². The first-order chi connectivity index (χ1) is 12.3. The number of aromatic nitrogens is 3. The van der Waals surface area contributed by atoms with Gasteiger partial charge in [-0.1, -0.05) is 0 Å². The van der Waals surface area contributed by atoms with Gasteiger partial charge in [0.25, 0.3) is 0 Å². The van der Waals surface area contributed by atoms with Gasteiger partial charge in [0.1, 0.15) is 5.82 Å². The maximum Gasteiger partial charge on any atom is 0.216 e. The van der Waals surface area contributed by atoms with Gasteiger partial charge in [0.15, 0.2) is 11.7 Å². The van der Waals surface area contributed by atoms with Crippen molar-refractivity contribution in [1.82, 2.24) is 25.4 Å². The van der Waals surface area contributed by atoms with E-state index >= 15 is 0 Å². The maximum atomic E-state index is 5.70. The topological polar surface area (TPSA) is 91.6 Å². The second-order valence-electron chi connectivity index (χ2n) is 5.95. The first-order valence-electron chi connectivity index (χ1n) is 8.82. The number of hydrogen-bond donors (Lipinski definition) is 2. The predicted octanol–water partition coefficient (Wildman–Crippen LogP) is 1.68. The van der Waals surface area contributed by atoms with E-state index < -0.39 is 0 Å². The average molecular weight is 346 g/mol. The third-order valence-corrected chi connectivity index (χ3v) is 4.27. The molecule has 0 spiro atoms. The zero-order valence-electron chi connectivity index (χ0n) is 14.9. The zero-order chi connectivity index (χ0) is 17.5. The summed E-state index contributed by atoms with van der Waals surface area (Å²) in [6.45, 7) is 5.51. The second kappa shape index (κ2) is 8.66. The van der Waals surface area contributed by atoms with Crippen molar-refractivity contribution >= 4 is 5.96 Å². The first-order valence-corrected chi connectivity index (χ1v) is 8.82. The van der Waals surface area contributed by atoms with Crippen LogP contribution in [-0.4, -0.2) is 65.4 Å². The number of aliphatic imine (C=N–C) groups is 1. The first kappa shape index (κ1) is 17.5. The summed E-state index contributed by atoms with van der Waals surface area (Å²) < 4.78 is 11.0. The number of piperidine rings is 1. The lowest BCUT2D eigenvalue weighted by atomic mass is 10.1. The number of rotatable bonds is 6. The number of ether oxygens (including phenoxy) is 1. The van der Waals surface area contributed by atoms with Crippen molar-refractivity contribution in [3.63, 3.8) is 0 Å². The Morgan fingerprint density at radius 2 is 2.32 bits per heavy atom. The molecule has 1 aliphatic heterocycles. The molecule has 2 aromatic rings. The Balaban J connectivity index is 1.45. The molecule has 0 bridgehead atoms. The summed E-state index contributed by atoms with van der Waals surface area (Å²) in [5, 5.41) is 10.5. The number of guanidine groups is 1. The molecule has 3 heterocycles. The highest BCUT2D eigenvalue weighted by atomic mass is 16.5. The van der Waals surface area contributed by atoms with Crippen LogP contribution in [0.25, 0.3) is 11.6 Å². The fraction of sp³-hybridized carbons (Fsp3) is 0.588. The van der Waals surface area contributed by atoms with E-state index in [0.717, 1.165) is 57.3 Å². The lowest BCUT2D eigenvalue weighted by molar-refractivity contribution is 0.0264. The van der Waals surface area contributed by atoms with Crippen molar-refractivity contribution in [1.29, 1.82) is 0 Å². The number of nitrogens with one attached hydrogen (secondary N) is 2. The number of hydrogen-bond acceptors (Lipinski definition) is 5. The molecule has 8 nitrogen and oxygen atoms in total. The Morgan fingerprint density at radius 1 is 1.48 bits per heavy atom. The number of likely N-dealkylation sites (tertiary alicyclic amines) is 1. The Bertz CT molecular complexity index is 658. The van der Waals surface area contributed by atoms with Crippen LogP contribution in [0.4, 0.5) is 0 Å². The van der Waals surface area contributed by atoms with E-state index in [2.05, 4.69) is 30.4 Å². The van der Waals surface area contributed by atoms with Gasteiger partial charge in [-0.15, -0.1) is 0 Å². The highest BCUT2D eigenvalue weighted by Gasteiger charge is 2.21. The number of aromatic amines is 1. The summed E-state index contributed by atoms with van der Waals surface area (Å²) in [6.07, 6.45) is 4.83. The molecule has 136 valence electrons. The molecule has 0 aromatic carbocycles. The second-order valence-corrected chi connectivity index (χ2v) is 5.95. The van der Waals surface area contributed by atoms with Crippen LogP contribution in [0.15, 0.2) is 27.8 Å². The predicted molar refractivity (Wildman–Crippen MR) is 95.4 cm³/mol. The molecule has 2 aromatic heterocycles. The van der Waals surface area contributed by atoms with Crippen LogP contribution in [0, 0.1) is 0 Å². The van der Waals surface area contributed by atoms with Gasteiger partial charge in [0.05, 0.1) is 12.4 Å². The van der Waals surface area contributed by atoms with Gasteiger partial charge in [-0.05, 0) is 31.9 Å². The van der Waals surface area contributed by atoms with Crippen molar-refractivity contribution in [3.05, 3.63) is 24.2 Å². The summed E-state index contributed by atoms with van der Waals surface area (Å²) in [6, 6.07) is 3.67. The Kier molecular flexibility index (Phi) is 6.05. The molecule has 8 heteroatoms. The van der Waals surface area contributed by atoms with Crippen molar-refractivity contribution in [2.24, 2.45) is 4.99 Å². The van der Waals surface area contributed by atoms with Gasteiger partial charge < -0.3 is 19.4 Å². The summed E-state index contributed by atoms with van der Waals surface area (Å²) in [4.78, 5) is 11.1. The van der Waals surface area contributed by atoms with Gasteiger partial charge in [-0.25, -0.2) is 4.98 Å². The minimum absolute atomic E-state index is 0.383. The van der Waals surface area contributed by atoms with Crippen LogP contribution in [0.1, 0.15) is 25.6 Å². The van der Waals surface area contributed by atoms with Crippen LogP contribution in [-0.2, 0) is 11.2 Å². The Morgan fingerprint density at radius 3 is 3.00 bits per heavy atom. The quantitative estimate of drug-likeness (QED) is 0.611. The smallest absolute Gasteiger partial charge is 0.216 e. The van der Waals surface area contributed by atoms with Crippen molar-refractivity contribution in [2.75, 3.05) is 33.3 Å². The van der Waals surface area contributed by atoms with Crippen molar-refractivity contribution < 1.29 is 9.15 Å². The SMILES string of the molecule is CCOC1CCN(C(=NC)NCCc2nc(-c3ccco3)n[nH]2)CC1. The molecule has 0 radical (unpaired) electrons. The number of furan rings is 1. The van der Waals surface area contributed by atoms with E-state index in [0.29, 0.717) is 17.7 Å². The molecule has 0 saturated carbocycles. The molecule has 3 rings (SSSR count). The third-order valence-electron chi connectivity index (χ3n) is 4.27. The molecule has 0 atom stereocenters. The highest BCUT2D eigenvalue weighted by Crippen LogP contribution is 2.15. The van der Waals surface area contributed by atoms with Crippen molar-refractivity contribution in [2.45, 2.75) is 32.3 Å². The van der Waals surface area contributed by atoms with Gasteiger partial charge in [-0.3, -0.25) is 10.1 Å². The van der Waals surface area contributed by atoms with Gasteiger partial charge >= 0.3 is 0 Å². The molecule has 0 unspecified atom stereocenters. The van der Waals surface area contributed by atoms with Crippen LogP contribution < -0.4 is 5.32 Å². The zero-order valence-corrected chi connectivity index (χ0v) is 14.9. The lowest BCUT2D eigenvalue weighted by Crippen LogP contribution is -2.47. The number of H-pyrrole nitrogens is 1. The lowest BCUT2D eigenvalue weighted by Gasteiger charge is -2.34. The van der Waals surface area contributed by atoms with E-state index in [1.165, 1.54) is 0 Å². The minimum atomic E-state index is 0.383. The van der Waals surface area contributed by atoms with E-state index in [-0.39, 0.29) is 0 Å². The molecule has 1 aliphatic rings. The van der Waals surface area contributed by atoms with E-state index in [9.17, 15) is 0 Å². The summed E-state index contributed by atoms with van der Waals surface area (Å²) in [5.41, 5.74) is 0. The molecule has 25 heavy (non-hydrogen) atoms. The van der Waals surface area contributed by atoms with E-state index in [1.54, 1.807) is 6.26 Å². The molecule has 1 saturated heterocycles. The van der Waals surface area contributed by atoms with Gasteiger partial charge in [-0.2, -0.15) is 5.10 Å². The fourth-order valence-electron chi connectivity index (χ4n) is 3.02. The van der Waals surface area contributed by atoms with Crippen LogP contribution in [0.3, 0.4) is 0 Å². The fourth-order valence-corrected chi connectivity index (χ4v) is 3.02. The minimum Gasteiger partial charge on any atom is -0.461 e. The van der Waals surface area contributed by atoms with Gasteiger partial charge in [0.2, 0.25) is 5.82 Å². The van der Waals surface area contributed by atoms with Crippen molar-refractivity contribution in [3.8, 4) is 11.6 Å². The third kappa shape index (κ3) is 4.60. The van der Waals surface area contributed by atoms with Crippen LogP contribution >= 0.6 is 0 Å². The summed E-state index contributed by atoms with van der Waals surface area (Å²) in [7, 11) is 1.82. The molecular weight excluding hydrogens is 320 g/mol. The van der Waals surface area contributed by atoms with E-state index in [4.69, 9.17) is 9.15 Å². The summed E-state index contributed by atoms with van der Waals surface area (Å²) in [5.74, 6) is 3.01. The molecule has 0 amide bonds. The van der Waals surface area contributed by atoms with Crippen LogP contribution in [0.5, 0.6) is 0 Å². The monoisotopic (exact) mass is 346 g/mol. The molecule has 2 N–H and O–H groups in total. The standard InChI is InChI=1S/C17H26N6O2/c1-3-24-13-7-10-23(11-8-13)17(18-2)19-9-6-15-20-16(22-21-15)14-5-4-12-25-14/h4-5,12-13H,3,6-11H2,1-2H3,(H,18,19)(H,20,21,22). The number of nitrogens with zero attached hydrogens (tertiary/aromatic N) is 4. The van der Waals surface area contributed by atoms with E-state index in [1.807, 2.05) is 26.1 Å². The average Bonchev–Trinajstić information content (AvgIpc) is 3.31. The van der Waals surface area contributed by atoms with Crippen LogP contribution in [0.2, 0.25) is 0 Å². The largest absolute Gasteiger partial charge is 0.461 e. The maximum absolute atomic E-state index is 5.70. The normalized spacial score (nSPS) is 16.4. The molecular formula is C17H26N6O2. The Labute approximate surface area is 147 Å². The summed E-state index contributed by atoms with van der Waals surface area (Å²) >= 11 is 0. The highest BCUT2D eigenvalue weighted by molar-refractivity contribution is 5.79. The molecule has 1 fully saturated rings. The molecule has 0 aliphatic carbocycles. The Hall–Kier alpha value is -2.35.